The van der Waals surface area contributed by atoms with Gasteiger partial charge in [-0.3, -0.25) is 9.20 Å². The van der Waals surface area contributed by atoms with Gasteiger partial charge in [-0.1, -0.05) is 0 Å². The van der Waals surface area contributed by atoms with Crippen LogP contribution in [-0.2, 0) is 0 Å². The first kappa shape index (κ1) is 7.49. The van der Waals surface area contributed by atoms with Crippen LogP contribution >= 0.6 is 11.3 Å². The number of aryl methyl sites for hydroxylation is 1. The number of rotatable bonds is 1. The predicted molar refractivity (Wildman–Crippen MR) is 47.8 cm³/mol. The maximum atomic E-state index is 10.9. The molecule has 62 valence electrons. The Labute approximate surface area is 73.7 Å². The molecule has 0 amide bonds. The average Bonchev–Trinajstić information content (AvgIpc) is 2.42. The van der Waals surface area contributed by atoms with Crippen LogP contribution in [0.4, 0.5) is 0 Å². The third-order valence-electron chi connectivity index (χ3n) is 1.63. The van der Waals surface area contributed by atoms with E-state index in [-0.39, 0.29) is 5.78 Å². The largest absolute Gasteiger partial charge is 0.297 e. The van der Waals surface area contributed by atoms with Gasteiger partial charge >= 0.3 is 0 Å². The fraction of sp³-hybridized carbons (Fsp3) is 0.250. The second kappa shape index (κ2) is 2.42. The Hall–Kier alpha value is -1.16. The molecular formula is C8H8N2OS. The summed E-state index contributed by atoms with van der Waals surface area (Å²) in [5.41, 5.74) is 0.543. The van der Waals surface area contributed by atoms with Crippen LogP contribution in [-0.4, -0.2) is 15.2 Å². The first-order valence-electron chi connectivity index (χ1n) is 3.63. The number of hydrogen-bond acceptors (Lipinski definition) is 3. The van der Waals surface area contributed by atoms with E-state index in [1.165, 1.54) is 11.8 Å². The zero-order valence-corrected chi connectivity index (χ0v) is 7.68. The van der Waals surface area contributed by atoms with Crippen molar-refractivity contribution in [3.63, 3.8) is 0 Å². The van der Waals surface area contributed by atoms with Gasteiger partial charge in [-0.2, -0.15) is 0 Å². The van der Waals surface area contributed by atoms with Crippen molar-refractivity contribution in [1.29, 1.82) is 0 Å². The number of Topliss-reactive ketones (excluding diaryl/α,β-unsaturated/α-hetero) is 1. The summed E-state index contributed by atoms with van der Waals surface area (Å²) in [7, 11) is 0. The number of carbonyl (C=O) groups is 1. The summed E-state index contributed by atoms with van der Waals surface area (Å²) in [6, 6.07) is 0. The summed E-state index contributed by atoms with van der Waals surface area (Å²) in [4.78, 5) is 17.2. The fourth-order valence-electron chi connectivity index (χ4n) is 1.08. The van der Waals surface area contributed by atoms with Crippen LogP contribution in [0.2, 0.25) is 0 Å². The lowest BCUT2D eigenvalue weighted by Crippen LogP contribution is -1.90. The highest BCUT2D eigenvalue weighted by Crippen LogP contribution is 2.16. The molecule has 0 spiro atoms. The molecule has 0 atom stereocenters. The summed E-state index contributed by atoms with van der Waals surface area (Å²) >= 11 is 1.59. The normalized spacial score (nSPS) is 10.8. The Morgan fingerprint density at radius 2 is 2.33 bits per heavy atom. The lowest BCUT2D eigenvalue weighted by molar-refractivity contribution is 0.101. The molecule has 0 bridgehead atoms. The zero-order valence-electron chi connectivity index (χ0n) is 6.87. The predicted octanol–water partition coefficient (Wildman–Crippen LogP) is 1.91. The van der Waals surface area contributed by atoms with Gasteiger partial charge in [0.05, 0.1) is 0 Å². The molecule has 0 aromatic carbocycles. The lowest BCUT2D eigenvalue weighted by atomic mass is 10.3. The van der Waals surface area contributed by atoms with Crippen molar-refractivity contribution in [2.45, 2.75) is 13.8 Å². The van der Waals surface area contributed by atoms with Crippen LogP contribution in [0.5, 0.6) is 0 Å². The highest BCUT2D eigenvalue weighted by molar-refractivity contribution is 7.16. The molecule has 0 radical (unpaired) electrons. The first-order valence-corrected chi connectivity index (χ1v) is 4.44. The molecule has 0 aliphatic carbocycles. The van der Waals surface area contributed by atoms with Crippen LogP contribution in [0.1, 0.15) is 22.3 Å². The number of thiazole rings is 1. The SMILES string of the molecule is CC(=O)c1cn2cc(C)sc2n1. The highest BCUT2D eigenvalue weighted by Gasteiger charge is 2.06. The number of ketones is 1. The van der Waals surface area contributed by atoms with Crippen molar-refractivity contribution in [3.8, 4) is 0 Å². The van der Waals surface area contributed by atoms with E-state index < -0.39 is 0 Å². The summed E-state index contributed by atoms with van der Waals surface area (Å²) in [6.07, 6.45) is 3.74. The van der Waals surface area contributed by atoms with E-state index in [0.717, 1.165) is 4.96 Å². The van der Waals surface area contributed by atoms with Crippen molar-refractivity contribution in [1.82, 2.24) is 9.38 Å². The smallest absolute Gasteiger partial charge is 0.194 e. The van der Waals surface area contributed by atoms with Crippen molar-refractivity contribution in [3.05, 3.63) is 23.0 Å². The minimum Gasteiger partial charge on any atom is -0.297 e. The molecule has 2 aromatic rings. The Balaban J connectivity index is 2.64. The van der Waals surface area contributed by atoms with Crippen LogP contribution in [0, 0.1) is 6.92 Å². The topological polar surface area (TPSA) is 34.4 Å². The Morgan fingerprint density at radius 3 is 2.92 bits per heavy atom. The summed E-state index contributed by atoms with van der Waals surface area (Å²) in [6.45, 7) is 3.55. The van der Waals surface area contributed by atoms with E-state index in [1.807, 2.05) is 17.5 Å². The lowest BCUT2D eigenvalue weighted by Gasteiger charge is -1.81. The summed E-state index contributed by atoms with van der Waals surface area (Å²) in [5.74, 6) is 0.0172. The average molecular weight is 180 g/mol. The van der Waals surface area contributed by atoms with E-state index in [2.05, 4.69) is 4.98 Å². The molecule has 2 aromatic heterocycles. The molecular weight excluding hydrogens is 172 g/mol. The minimum atomic E-state index is 0.0172. The van der Waals surface area contributed by atoms with Crippen LogP contribution in [0.15, 0.2) is 12.4 Å². The van der Waals surface area contributed by atoms with Gasteiger partial charge in [-0.25, -0.2) is 4.98 Å². The maximum Gasteiger partial charge on any atom is 0.194 e. The molecule has 0 unspecified atom stereocenters. The van der Waals surface area contributed by atoms with Gasteiger partial charge in [0.15, 0.2) is 10.7 Å². The second-order valence-corrected chi connectivity index (χ2v) is 3.93. The third-order valence-corrected chi connectivity index (χ3v) is 2.54. The number of imidazole rings is 1. The van der Waals surface area contributed by atoms with Crippen molar-refractivity contribution in [2.75, 3.05) is 0 Å². The molecule has 2 heterocycles. The van der Waals surface area contributed by atoms with Gasteiger partial charge in [0.25, 0.3) is 0 Å². The Bertz CT molecular complexity index is 409. The molecule has 0 fully saturated rings. The van der Waals surface area contributed by atoms with E-state index >= 15 is 0 Å². The molecule has 3 nitrogen and oxygen atoms in total. The van der Waals surface area contributed by atoms with Gasteiger partial charge in [-0.05, 0) is 6.92 Å². The monoisotopic (exact) mass is 180 g/mol. The molecule has 0 aliphatic heterocycles. The van der Waals surface area contributed by atoms with Crippen LogP contribution < -0.4 is 0 Å². The van der Waals surface area contributed by atoms with Crippen LogP contribution in [0.25, 0.3) is 4.96 Å². The standard InChI is InChI=1S/C8H8N2OS/c1-5-3-10-4-7(6(2)11)9-8(10)12-5/h3-4H,1-2H3. The van der Waals surface area contributed by atoms with Crippen molar-refractivity contribution >= 4 is 22.1 Å². The van der Waals surface area contributed by atoms with Crippen molar-refractivity contribution in [2.24, 2.45) is 0 Å². The van der Waals surface area contributed by atoms with E-state index in [9.17, 15) is 4.79 Å². The number of aromatic nitrogens is 2. The first-order chi connectivity index (χ1) is 5.66. The minimum absolute atomic E-state index is 0.0172. The number of fused-ring (bicyclic) bond motifs is 1. The van der Waals surface area contributed by atoms with E-state index in [1.54, 1.807) is 17.5 Å². The number of nitrogens with zero attached hydrogens (tertiary/aromatic N) is 2. The van der Waals surface area contributed by atoms with Gasteiger partial charge in [0.2, 0.25) is 0 Å². The molecule has 0 saturated heterocycles. The second-order valence-electron chi connectivity index (χ2n) is 2.71. The van der Waals surface area contributed by atoms with Gasteiger partial charge < -0.3 is 0 Å². The van der Waals surface area contributed by atoms with E-state index in [0.29, 0.717) is 5.69 Å². The quantitative estimate of drug-likeness (QED) is 0.628. The molecule has 2 rings (SSSR count). The molecule has 0 aliphatic rings. The fourth-order valence-corrected chi connectivity index (χ4v) is 1.89. The molecule has 0 N–H and O–H groups in total. The number of hydrogen-bond donors (Lipinski definition) is 0. The molecule has 0 saturated carbocycles. The Kier molecular flexibility index (Phi) is 1.51. The Morgan fingerprint density at radius 1 is 1.58 bits per heavy atom. The molecule has 4 heteroatoms. The van der Waals surface area contributed by atoms with E-state index in [4.69, 9.17) is 0 Å². The van der Waals surface area contributed by atoms with Crippen LogP contribution in [0.3, 0.4) is 0 Å². The van der Waals surface area contributed by atoms with Gasteiger partial charge in [-0.15, -0.1) is 11.3 Å². The third kappa shape index (κ3) is 1.04. The van der Waals surface area contributed by atoms with Gasteiger partial charge in [0.1, 0.15) is 5.69 Å². The maximum absolute atomic E-state index is 10.9. The summed E-state index contributed by atoms with van der Waals surface area (Å²) in [5, 5.41) is 0. The highest BCUT2D eigenvalue weighted by atomic mass is 32.1. The summed E-state index contributed by atoms with van der Waals surface area (Å²) < 4.78 is 1.89. The van der Waals surface area contributed by atoms with Gasteiger partial charge in [0, 0.05) is 24.2 Å². The zero-order chi connectivity index (χ0) is 8.72. The molecule has 12 heavy (non-hydrogen) atoms. The van der Waals surface area contributed by atoms with Crippen molar-refractivity contribution < 1.29 is 4.79 Å². The number of carbonyl (C=O) groups excluding carboxylic acids is 1.